The van der Waals surface area contributed by atoms with Crippen molar-refractivity contribution in [3.63, 3.8) is 0 Å². The molecule has 0 bridgehead atoms. The van der Waals surface area contributed by atoms with Crippen LogP contribution in [0.2, 0.25) is 0 Å². The van der Waals surface area contributed by atoms with Gasteiger partial charge in [0.15, 0.2) is 0 Å². The molecular formula is C24H21I6NO7. The van der Waals surface area contributed by atoms with Crippen LogP contribution < -0.4 is 0 Å². The van der Waals surface area contributed by atoms with E-state index in [1.54, 1.807) is 6.07 Å². The minimum Gasteiger partial charge on any atom is -0.464 e. The van der Waals surface area contributed by atoms with E-state index in [0.717, 1.165) is 34.5 Å². The van der Waals surface area contributed by atoms with Crippen LogP contribution in [-0.2, 0) is 23.7 Å². The van der Waals surface area contributed by atoms with Crippen molar-refractivity contribution in [3.05, 3.63) is 56.8 Å². The fourth-order valence-electron chi connectivity index (χ4n) is 3.32. The zero-order chi connectivity index (χ0) is 27.8. The van der Waals surface area contributed by atoms with Gasteiger partial charge in [-0.1, -0.05) is 0 Å². The molecule has 3 rings (SSSR count). The summed E-state index contributed by atoms with van der Waals surface area (Å²) < 4.78 is 27.0. The first-order chi connectivity index (χ1) is 18.1. The first-order valence-corrected chi connectivity index (χ1v) is 17.6. The molecule has 1 heterocycles. The van der Waals surface area contributed by atoms with E-state index in [-0.39, 0.29) is 19.8 Å². The highest BCUT2D eigenvalue weighted by atomic mass is 127. The maximum Gasteiger partial charge on any atom is 0.340 e. The number of morpholine rings is 1. The molecule has 0 N–H and O–H groups in total. The molecule has 0 aliphatic carbocycles. The van der Waals surface area contributed by atoms with Crippen LogP contribution in [0.25, 0.3) is 0 Å². The molecule has 0 amide bonds. The summed E-state index contributed by atoms with van der Waals surface area (Å²) in [6.07, 6.45) is 0. The van der Waals surface area contributed by atoms with Crippen molar-refractivity contribution in [1.29, 1.82) is 0 Å². The van der Waals surface area contributed by atoms with Gasteiger partial charge in [-0.15, -0.1) is 0 Å². The molecule has 0 saturated carbocycles. The third-order valence-corrected chi connectivity index (χ3v) is 13.0. The van der Waals surface area contributed by atoms with Gasteiger partial charge in [0.25, 0.3) is 0 Å². The van der Waals surface area contributed by atoms with Crippen LogP contribution in [0.3, 0.4) is 0 Å². The predicted octanol–water partition coefficient (Wildman–Crippen LogP) is 5.82. The Morgan fingerprint density at radius 2 is 1.45 bits per heavy atom. The molecule has 1 unspecified atom stereocenters. The Bertz CT molecular complexity index is 1190. The largest absolute Gasteiger partial charge is 0.464 e. The second-order valence-corrected chi connectivity index (χ2v) is 14.9. The summed E-state index contributed by atoms with van der Waals surface area (Å²) in [4.78, 5) is 41.0. The topological polar surface area (TPSA) is 91.4 Å². The van der Waals surface area contributed by atoms with Crippen molar-refractivity contribution < 1.29 is 33.3 Å². The van der Waals surface area contributed by atoms with E-state index in [9.17, 15) is 14.4 Å². The lowest BCUT2D eigenvalue weighted by Crippen LogP contribution is -2.39. The average Bonchev–Trinajstić information content (AvgIpc) is 2.89. The lowest BCUT2D eigenvalue weighted by molar-refractivity contribution is -0.152. The van der Waals surface area contributed by atoms with E-state index in [4.69, 9.17) is 18.9 Å². The number of benzene rings is 2. The van der Waals surface area contributed by atoms with E-state index in [1.165, 1.54) is 0 Å². The van der Waals surface area contributed by atoms with Gasteiger partial charge in [-0.25, -0.2) is 9.59 Å². The van der Waals surface area contributed by atoms with Gasteiger partial charge in [-0.05, 0) is 160 Å². The summed E-state index contributed by atoms with van der Waals surface area (Å²) in [5, 5.41) is 0. The number of carbonyl (C=O) groups excluding carboxylic acids is 3. The van der Waals surface area contributed by atoms with Crippen molar-refractivity contribution in [2.75, 3.05) is 52.7 Å². The van der Waals surface area contributed by atoms with Crippen LogP contribution in [-0.4, -0.2) is 75.5 Å². The van der Waals surface area contributed by atoms with Crippen LogP contribution in [0.5, 0.6) is 0 Å². The van der Waals surface area contributed by atoms with E-state index >= 15 is 0 Å². The molecule has 0 radical (unpaired) electrons. The molecule has 0 spiro atoms. The standard InChI is InChI=1S/C24H21I6NO7/c25-14-9-15(20(29)18(28)10-14)23(33)37-11-13(22(32)36-8-5-31-3-6-35-7-4-31)12-38-24(34)19-16(26)1-2-17(27)21(19)30/h1-2,9-10,13H,3-8,11-12H2. The number of esters is 3. The summed E-state index contributed by atoms with van der Waals surface area (Å²) in [6.45, 7) is 3.04. The van der Waals surface area contributed by atoms with Crippen molar-refractivity contribution in [2.24, 2.45) is 5.92 Å². The molecule has 38 heavy (non-hydrogen) atoms. The van der Waals surface area contributed by atoms with Gasteiger partial charge >= 0.3 is 17.9 Å². The quantitative estimate of drug-likeness (QED) is 0.128. The van der Waals surface area contributed by atoms with Crippen LogP contribution in [0.15, 0.2) is 24.3 Å². The zero-order valence-electron chi connectivity index (χ0n) is 19.6. The molecule has 2 aromatic rings. The van der Waals surface area contributed by atoms with Gasteiger partial charge in [0.2, 0.25) is 0 Å². The summed E-state index contributed by atoms with van der Waals surface area (Å²) in [6, 6.07) is 7.46. The van der Waals surface area contributed by atoms with Crippen molar-refractivity contribution in [2.45, 2.75) is 0 Å². The number of nitrogens with zero attached hydrogens (tertiary/aromatic N) is 1. The van der Waals surface area contributed by atoms with Gasteiger partial charge in [0, 0.05) is 41.1 Å². The van der Waals surface area contributed by atoms with Crippen LogP contribution >= 0.6 is 136 Å². The molecule has 2 aromatic carbocycles. The Labute approximate surface area is 302 Å². The maximum absolute atomic E-state index is 13.0. The highest BCUT2D eigenvalue weighted by Gasteiger charge is 2.27. The Kier molecular flexibility index (Phi) is 14.8. The minimum atomic E-state index is -0.967. The number of ether oxygens (including phenoxy) is 4. The van der Waals surface area contributed by atoms with E-state index in [1.807, 2.05) is 18.2 Å². The summed E-state index contributed by atoms with van der Waals surface area (Å²) in [5.74, 6) is -2.65. The summed E-state index contributed by atoms with van der Waals surface area (Å²) in [7, 11) is 0. The average molecular weight is 1200 g/mol. The number of rotatable bonds is 10. The number of halogens is 6. The minimum absolute atomic E-state index is 0.177. The molecule has 1 saturated heterocycles. The van der Waals surface area contributed by atoms with Crippen molar-refractivity contribution >= 4 is 153 Å². The van der Waals surface area contributed by atoms with Crippen LogP contribution in [0.1, 0.15) is 20.7 Å². The Balaban J connectivity index is 1.68. The fraction of sp³-hybridized carbons (Fsp3) is 0.375. The fourth-order valence-corrected chi connectivity index (χ4v) is 8.03. The third-order valence-electron chi connectivity index (χ3n) is 5.38. The smallest absolute Gasteiger partial charge is 0.340 e. The SMILES string of the molecule is O=C(OCC(COC(=O)c1c(I)ccc(I)c1I)C(=O)OCCN1CCOCC1)c1cc(I)cc(I)c1I. The first-order valence-electron chi connectivity index (χ1n) is 11.2. The molecular weight excluding hydrogens is 1180 g/mol. The van der Waals surface area contributed by atoms with E-state index in [2.05, 4.69) is 140 Å². The molecule has 1 atom stereocenters. The lowest BCUT2D eigenvalue weighted by atomic mass is 10.1. The highest BCUT2D eigenvalue weighted by Crippen LogP contribution is 2.26. The van der Waals surface area contributed by atoms with Crippen LogP contribution in [0, 0.1) is 27.3 Å². The highest BCUT2D eigenvalue weighted by molar-refractivity contribution is 14.1. The predicted molar refractivity (Wildman–Crippen MR) is 191 cm³/mol. The number of hydrogen-bond acceptors (Lipinski definition) is 8. The lowest BCUT2D eigenvalue weighted by Gasteiger charge is -2.26. The molecule has 1 fully saturated rings. The molecule has 1 aliphatic rings. The first kappa shape index (κ1) is 33.6. The van der Waals surface area contributed by atoms with Crippen molar-refractivity contribution in [1.82, 2.24) is 4.90 Å². The van der Waals surface area contributed by atoms with E-state index in [0.29, 0.717) is 30.9 Å². The van der Waals surface area contributed by atoms with Crippen molar-refractivity contribution in [3.8, 4) is 0 Å². The van der Waals surface area contributed by atoms with Gasteiger partial charge in [-0.2, -0.15) is 0 Å². The Hall–Kier alpha value is 1.15. The van der Waals surface area contributed by atoms with Gasteiger partial charge in [0.1, 0.15) is 25.7 Å². The number of carbonyl (C=O) groups is 3. The Morgan fingerprint density at radius 1 is 0.816 bits per heavy atom. The monoisotopic (exact) mass is 1200 g/mol. The van der Waals surface area contributed by atoms with Gasteiger partial charge in [0.05, 0.1) is 24.3 Å². The van der Waals surface area contributed by atoms with Gasteiger partial charge < -0.3 is 18.9 Å². The number of hydrogen-bond donors (Lipinski definition) is 0. The normalized spacial score (nSPS) is 14.6. The summed E-state index contributed by atoms with van der Waals surface area (Å²) >= 11 is 12.7. The second-order valence-electron chi connectivity index (χ2n) is 7.98. The van der Waals surface area contributed by atoms with Gasteiger partial charge in [-0.3, -0.25) is 9.69 Å². The maximum atomic E-state index is 13.0. The second kappa shape index (κ2) is 16.7. The molecule has 1 aliphatic heterocycles. The zero-order valence-corrected chi connectivity index (χ0v) is 32.6. The summed E-state index contributed by atoms with van der Waals surface area (Å²) in [5.41, 5.74) is 0.860. The molecule has 0 aromatic heterocycles. The molecule has 8 nitrogen and oxygen atoms in total. The third kappa shape index (κ3) is 9.87. The molecule has 14 heteroatoms. The van der Waals surface area contributed by atoms with Crippen LogP contribution in [0.4, 0.5) is 0 Å². The van der Waals surface area contributed by atoms with E-state index < -0.39 is 23.8 Å². The molecule has 206 valence electrons. The Morgan fingerprint density at radius 3 is 2.13 bits per heavy atom.